The lowest BCUT2D eigenvalue weighted by atomic mass is 10.1. The SMILES string of the molecule is CCCNc1ccc(Cl)cc1C(=O)N(C)C(C)CO. The Bertz CT molecular complexity index is 437. The number of carbonyl (C=O) groups is 1. The van der Waals surface area contributed by atoms with Gasteiger partial charge in [-0.1, -0.05) is 18.5 Å². The van der Waals surface area contributed by atoms with Crippen LogP contribution in [0.4, 0.5) is 5.69 Å². The molecule has 0 bridgehead atoms. The molecule has 106 valence electrons. The Hall–Kier alpha value is -1.26. The van der Waals surface area contributed by atoms with Gasteiger partial charge in [-0.2, -0.15) is 0 Å². The molecule has 0 spiro atoms. The van der Waals surface area contributed by atoms with Crippen molar-refractivity contribution < 1.29 is 9.90 Å². The minimum atomic E-state index is -0.231. The van der Waals surface area contributed by atoms with E-state index in [1.165, 1.54) is 4.90 Å². The second kappa shape index (κ2) is 7.36. The van der Waals surface area contributed by atoms with Crippen molar-refractivity contribution in [2.24, 2.45) is 0 Å². The van der Waals surface area contributed by atoms with Gasteiger partial charge in [0.2, 0.25) is 0 Å². The molecule has 0 aliphatic heterocycles. The normalized spacial score (nSPS) is 12.1. The zero-order chi connectivity index (χ0) is 14.4. The maximum absolute atomic E-state index is 12.4. The molecule has 0 saturated heterocycles. The van der Waals surface area contributed by atoms with Crippen LogP contribution in [0, 0.1) is 0 Å². The molecule has 1 rings (SSSR count). The number of nitrogens with one attached hydrogen (secondary N) is 1. The maximum Gasteiger partial charge on any atom is 0.256 e. The van der Waals surface area contributed by atoms with E-state index >= 15 is 0 Å². The average molecular weight is 285 g/mol. The number of amides is 1. The van der Waals surface area contributed by atoms with Gasteiger partial charge in [-0.25, -0.2) is 0 Å². The van der Waals surface area contributed by atoms with Crippen molar-refractivity contribution in [3.8, 4) is 0 Å². The zero-order valence-electron chi connectivity index (χ0n) is 11.6. The minimum absolute atomic E-state index is 0.0689. The molecule has 0 radical (unpaired) electrons. The Morgan fingerprint density at radius 2 is 2.21 bits per heavy atom. The highest BCUT2D eigenvalue weighted by atomic mass is 35.5. The van der Waals surface area contributed by atoms with Crippen LogP contribution < -0.4 is 5.32 Å². The Morgan fingerprint density at radius 1 is 1.53 bits per heavy atom. The first kappa shape index (κ1) is 15.8. The Balaban J connectivity index is 3.02. The molecule has 4 nitrogen and oxygen atoms in total. The lowest BCUT2D eigenvalue weighted by Crippen LogP contribution is -2.37. The largest absolute Gasteiger partial charge is 0.394 e. The van der Waals surface area contributed by atoms with Gasteiger partial charge < -0.3 is 15.3 Å². The molecule has 19 heavy (non-hydrogen) atoms. The van der Waals surface area contributed by atoms with E-state index in [-0.39, 0.29) is 18.6 Å². The molecule has 0 heterocycles. The first-order valence-corrected chi connectivity index (χ1v) is 6.80. The van der Waals surface area contributed by atoms with Gasteiger partial charge in [0.25, 0.3) is 5.91 Å². The second-order valence-electron chi connectivity index (χ2n) is 4.56. The van der Waals surface area contributed by atoms with Gasteiger partial charge >= 0.3 is 0 Å². The number of hydrogen-bond acceptors (Lipinski definition) is 3. The lowest BCUT2D eigenvalue weighted by molar-refractivity contribution is 0.0683. The van der Waals surface area contributed by atoms with E-state index < -0.39 is 0 Å². The van der Waals surface area contributed by atoms with Gasteiger partial charge in [-0.05, 0) is 31.5 Å². The van der Waals surface area contributed by atoms with Crippen molar-refractivity contribution in [2.45, 2.75) is 26.3 Å². The molecule has 0 aliphatic carbocycles. The summed E-state index contributed by atoms with van der Waals surface area (Å²) >= 11 is 5.97. The molecule has 1 atom stereocenters. The van der Waals surface area contributed by atoms with E-state index in [0.29, 0.717) is 10.6 Å². The number of benzene rings is 1. The molecule has 1 aromatic rings. The van der Waals surface area contributed by atoms with Gasteiger partial charge in [0, 0.05) is 24.3 Å². The number of carbonyl (C=O) groups excluding carboxylic acids is 1. The van der Waals surface area contributed by atoms with Gasteiger partial charge in [-0.3, -0.25) is 4.79 Å². The number of anilines is 1. The number of aliphatic hydroxyl groups excluding tert-OH is 1. The summed E-state index contributed by atoms with van der Waals surface area (Å²) in [5.41, 5.74) is 1.30. The summed E-state index contributed by atoms with van der Waals surface area (Å²) in [7, 11) is 1.67. The van der Waals surface area contributed by atoms with Crippen molar-refractivity contribution in [1.82, 2.24) is 4.90 Å². The number of halogens is 1. The predicted molar refractivity (Wildman–Crippen MR) is 78.9 cm³/mol. The van der Waals surface area contributed by atoms with Crippen molar-refractivity contribution in [2.75, 3.05) is 25.5 Å². The van der Waals surface area contributed by atoms with E-state index in [0.717, 1.165) is 18.7 Å². The minimum Gasteiger partial charge on any atom is -0.394 e. The van der Waals surface area contributed by atoms with E-state index in [2.05, 4.69) is 12.2 Å². The van der Waals surface area contributed by atoms with E-state index in [4.69, 9.17) is 16.7 Å². The highest BCUT2D eigenvalue weighted by molar-refractivity contribution is 6.31. The molecule has 1 aromatic carbocycles. The van der Waals surface area contributed by atoms with Crippen LogP contribution in [0.1, 0.15) is 30.6 Å². The number of aliphatic hydroxyl groups is 1. The summed E-state index contributed by atoms with van der Waals surface area (Å²) in [4.78, 5) is 13.9. The van der Waals surface area contributed by atoms with E-state index in [9.17, 15) is 4.79 Å². The summed E-state index contributed by atoms with van der Waals surface area (Å²) in [6.07, 6.45) is 0.971. The molecule has 0 saturated carbocycles. The van der Waals surface area contributed by atoms with Crippen LogP contribution in [0.2, 0.25) is 5.02 Å². The molecule has 5 heteroatoms. The number of hydrogen-bond donors (Lipinski definition) is 2. The van der Waals surface area contributed by atoms with Gasteiger partial charge in [0.05, 0.1) is 18.2 Å². The van der Waals surface area contributed by atoms with E-state index in [1.807, 2.05) is 6.07 Å². The summed E-state index contributed by atoms with van der Waals surface area (Å²) < 4.78 is 0. The smallest absolute Gasteiger partial charge is 0.256 e. The highest BCUT2D eigenvalue weighted by Gasteiger charge is 2.20. The Kier molecular flexibility index (Phi) is 6.12. The number of likely N-dealkylation sites (N-methyl/N-ethyl adjacent to an activating group) is 1. The van der Waals surface area contributed by atoms with Crippen molar-refractivity contribution in [3.05, 3.63) is 28.8 Å². The standard InChI is InChI=1S/C14H21ClN2O2/c1-4-7-16-13-6-5-11(15)8-12(13)14(19)17(3)10(2)9-18/h5-6,8,10,16,18H,4,7,9H2,1-3H3. The topological polar surface area (TPSA) is 52.6 Å². The molecular weight excluding hydrogens is 264 g/mol. The van der Waals surface area contributed by atoms with Crippen LogP contribution in [0.3, 0.4) is 0 Å². The lowest BCUT2D eigenvalue weighted by Gasteiger charge is -2.24. The van der Waals surface area contributed by atoms with Crippen LogP contribution in [-0.4, -0.2) is 42.2 Å². The van der Waals surface area contributed by atoms with Gasteiger partial charge in [0.15, 0.2) is 0 Å². The van der Waals surface area contributed by atoms with Crippen molar-refractivity contribution in [1.29, 1.82) is 0 Å². The zero-order valence-corrected chi connectivity index (χ0v) is 12.4. The molecule has 0 aromatic heterocycles. The monoisotopic (exact) mass is 284 g/mol. The summed E-state index contributed by atoms with van der Waals surface area (Å²) in [6.45, 7) is 4.58. The van der Waals surface area contributed by atoms with Crippen LogP contribution in [0.5, 0.6) is 0 Å². The first-order valence-electron chi connectivity index (χ1n) is 6.42. The Morgan fingerprint density at radius 3 is 2.79 bits per heavy atom. The van der Waals surface area contributed by atoms with Crippen molar-refractivity contribution in [3.63, 3.8) is 0 Å². The fraction of sp³-hybridized carbons (Fsp3) is 0.500. The Labute approximate surface area is 119 Å². The summed E-state index contributed by atoms with van der Waals surface area (Å²) in [6, 6.07) is 4.99. The van der Waals surface area contributed by atoms with Crippen LogP contribution in [0.25, 0.3) is 0 Å². The van der Waals surface area contributed by atoms with Crippen LogP contribution in [-0.2, 0) is 0 Å². The van der Waals surface area contributed by atoms with Crippen LogP contribution in [0.15, 0.2) is 18.2 Å². The van der Waals surface area contributed by atoms with Gasteiger partial charge in [0.1, 0.15) is 0 Å². The number of rotatable bonds is 6. The molecule has 0 fully saturated rings. The molecular formula is C14H21ClN2O2. The third-order valence-electron chi connectivity index (χ3n) is 3.02. The number of nitrogens with zero attached hydrogens (tertiary/aromatic N) is 1. The van der Waals surface area contributed by atoms with Crippen molar-refractivity contribution >= 4 is 23.2 Å². The quantitative estimate of drug-likeness (QED) is 0.844. The maximum atomic E-state index is 12.4. The van der Waals surface area contributed by atoms with Crippen LogP contribution >= 0.6 is 11.6 Å². The second-order valence-corrected chi connectivity index (χ2v) is 5.00. The molecule has 1 unspecified atom stereocenters. The fourth-order valence-electron chi connectivity index (χ4n) is 1.62. The van der Waals surface area contributed by atoms with Gasteiger partial charge in [-0.15, -0.1) is 0 Å². The first-order chi connectivity index (χ1) is 9.01. The highest BCUT2D eigenvalue weighted by Crippen LogP contribution is 2.22. The average Bonchev–Trinajstić information content (AvgIpc) is 2.43. The summed E-state index contributed by atoms with van der Waals surface area (Å²) in [5.74, 6) is -0.150. The fourth-order valence-corrected chi connectivity index (χ4v) is 1.79. The third-order valence-corrected chi connectivity index (χ3v) is 3.26. The third kappa shape index (κ3) is 4.11. The summed E-state index contributed by atoms with van der Waals surface area (Å²) in [5, 5.41) is 12.9. The molecule has 2 N–H and O–H groups in total. The predicted octanol–water partition coefficient (Wildman–Crippen LogP) is 2.61. The molecule has 1 amide bonds. The van der Waals surface area contributed by atoms with E-state index in [1.54, 1.807) is 26.1 Å². The molecule has 0 aliphatic rings.